The Kier molecular flexibility index (Phi) is 6.09. The SMILES string of the molecule is CCCCC(CC)N[C@@H](C)c1cccnc1. The monoisotopic (exact) mass is 220 g/mol. The minimum absolute atomic E-state index is 0.399. The Bertz CT molecular complexity index is 271. The summed E-state index contributed by atoms with van der Waals surface area (Å²) in [5, 5.41) is 3.68. The molecule has 1 aromatic rings. The molecule has 2 atom stereocenters. The Balaban J connectivity index is 2.45. The van der Waals surface area contributed by atoms with Gasteiger partial charge in [-0.25, -0.2) is 0 Å². The number of rotatable bonds is 7. The van der Waals surface area contributed by atoms with E-state index in [1.807, 2.05) is 18.5 Å². The highest BCUT2D eigenvalue weighted by atomic mass is 14.9. The van der Waals surface area contributed by atoms with E-state index in [-0.39, 0.29) is 0 Å². The van der Waals surface area contributed by atoms with Gasteiger partial charge in [0.1, 0.15) is 0 Å². The summed E-state index contributed by atoms with van der Waals surface area (Å²) in [4.78, 5) is 4.16. The van der Waals surface area contributed by atoms with Gasteiger partial charge in [0.05, 0.1) is 0 Å². The molecule has 2 nitrogen and oxygen atoms in total. The first-order valence-electron chi connectivity index (χ1n) is 6.43. The van der Waals surface area contributed by atoms with Crippen LogP contribution in [0.2, 0.25) is 0 Å². The third kappa shape index (κ3) is 4.31. The number of nitrogens with one attached hydrogen (secondary N) is 1. The zero-order chi connectivity index (χ0) is 11.8. The minimum atomic E-state index is 0.399. The smallest absolute Gasteiger partial charge is 0.0315 e. The molecular formula is C14H24N2. The van der Waals surface area contributed by atoms with Crippen molar-refractivity contribution < 1.29 is 0 Å². The van der Waals surface area contributed by atoms with Crippen LogP contribution in [0, 0.1) is 0 Å². The second-order valence-corrected chi connectivity index (χ2v) is 4.42. The van der Waals surface area contributed by atoms with Gasteiger partial charge in [-0.05, 0) is 31.4 Å². The van der Waals surface area contributed by atoms with E-state index in [9.17, 15) is 0 Å². The molecule has 16 heavy (non-hydrogen) atoms. The summed E-state index contributed by atoms with van der Waals surface area (Å²) < 4.78 is 0. The van der Waals surface area contributed by atoms with Crippen LogP contribution in [0.3, 0.4) is 0 Å². The summed E-state index contributed by atoms with van der Waals surface area (Å²) in [6.07, 6.45) is 8.84. The lowest BCUT2D eigenvalue weighted by Gasteiger charge is -2.22. The first-order valence-corrected chi connectivity index (χ1v) is 6.43. The van der Waals surface area contributed by atoms with Crippen molar-refractivity contribution in [2.45, 2.75) is 58.5 Å². The predicted octanol–water partition coefficient (Wildman–Crippen LogP) is 3.70. The van der Waals surface area contributed by atoms with Crippen LogP contribution in [0.4, 0.5) is 0 Å². The van der Waals surface area contributed by atoms with E-state index in [1.165, 1.54) is 31.2 Å². The molecule has 0 aliphatic rings. The van der Waals surface area contributed by atoms with Gasteiger partial charge in [0.25, 0.3) is 0 Å². The molecule has 1 heterocycles. The van der Waals surface area contributed by atoms with Crippen molar-refractivity contribution in [1.82, 2.24) is 10.3 Å². The number of hydrogen-bond donors (Lipinski definition) is 1. The van der Waals surface area contributed by atoms with E-state index in [4.69, 9.17) is 0 Å². The molecular weight excluding hydrogens is 196 g/mol. The highest BCUT2D eigenvalue weighted by Gasteiger charge is 2.11. The van der Waals surface area contributed by atoms with Gasteiger partial charge in [0, 0.05) is 24.5 Å². The number of hydrogen-bond acceptors (Lipinski definition) is 2. The fraction of sp³-hybridized carbons (Fsp3) is 0.643. The Morgan fingerprint density at radius 3 is 2.75 bits per heavy atom. The van der Waals surface area contributed by atoms with E-state index in [1.54, 1.807) is 0 Å². The molecule has 0 saturated carbocycles. The third-order valence-corrected chi connectivity index (χ3v) is 3.07. The van der Waals surface area contributed by atoms with Gasteiger partial charge >= 0.3 is 0 Å². The fourth-order valence-corrected chi connectivity index (χ4v) is 1.94. The lowest BCUT2D eigenvalue weighted by molar-refractivity contribution is 0.409. The first-order chi connectivity index (χ1) is 7.77. The quantitative estimate of drug-likeness (QED) is 0.758. The van der Waals surface area contributed by atoms with Gasteiger partial charge in [-0.2, -0.15) is 0 Å². The fourth-order valence-electron chi connectivity index (χ4n) is 1.94. The molecule has 1 aromatic heterocycles. The highest BCUT2D eigenvalue weighted by Crippen LogP contribution is 2.14. The topological polar surface area (TPSA) is 24.9 Å². The molecule has 1 unspecified atom stereocenters. The normalized spacial score (nSPS) is 14.7. The summed E-state index contributed by atoms with van der Waals surface area (Å²) in [6.45, 7) is 6.71. The van der Waals surface area contributed by atoms with Gasteiger partial charge in [-0.15, -0.1) is 0 Å². The lowest BCUT2D eigenvalue weighted by Crippen LogP contribution is -2.31. The first kappa shape index (κ1) is 13.2. The van der Waals surface area contributed by atoms with Crippen LogP contribution in [0.15, 0.2) is 24.5 Å². The van der Waals surface area contributed by atoms with Crippen molar-refractivity contribution in [3.8, 4) is 0 Å². The van der Waals surface area contributed by atoms with Crippen LogP contribution in [0.1, 0.15) is 58.1 Å². The van der Waals surface area contributed by atoms with Crippen LogP contribution < -0.4 is 5.32 Å². The van der Waals surface area contributed by atoms with Crippen LogP contribution >= 0.6 is 0 Å². The van der Waals surface area contributed by atoms with Gasteiger partial charge in [-0.1, -0.05) is 32.8 Å². The van der Waals surface area contributed by atoms with E-state index in [2.05, 4.69) is 37.1 Å². The van der Waals surface area contributed by atoms with Crippen LogP contribution in [0.25, 0.3) is 0 Å². The molecule has 0 aromatic carbocycles. The Morgan fingerprint density at radius 1 is 1.38 bits per heavy atom. The number of unbranched alkanes of at least 4 members (excludes halogenated alkanes) is 1. The Hall–Kier alpha value is -0.890. The average molecular weight is 220 g/mol. The summed E-state index contributed by atoms with van der Waals surface area (Å²) in [6, 6.07) is 5.17. The van der Waals surface area contributed by atoms with E-state index in [0.717, 1.165) is 0 Å². The predicted molar refractivity (Wildman–Crippen MR) is 69.4 cm³/mol. The molecule has 0 aliphatic heterocycles. The second kappa shape index (κ2) is 7.39. The average Bonchev–Trinajstić information content (AvgIpc) is 2.35. The van der Waals surface area contributed by atoms with Crippen LogP contribution in [0.5, 0.6) is 0 Å². The molecule has 0 aliphatic carbocycles. The largest absolute Gasteiger partial charge is 0.307 e. The van der Waals surface area contributed by atoms with Crippen molar-refractivity contribution >= 4 is 0 Å². The maximum atomic E-state index is 4.16. The zero-order valence-electron chi connectivity index (χ0n) is 10.7. The second-order valence-electron chi connectivity index (χ2n) is 4.42. The highest BCUT2D eigenvalue weighted by molar-refractivity contribution is 5.12. The Morgan fingerprint density at radius 2 is 2.19 bits per heavy atom. The van der Waals surface area contributed by atoms with Crippen LogP contribution in [-0.2, 0) is 0 Å². The summed E-state index contributed by atoms with van der Waals surface area (Å²) in [5.74, 6) is 0. The summed E-state index contributed by atoms with van der Waals surface area (Å²) in [5.41, 5.74) is 1.28. The van der Waals surface area contributed by atoms with Crippen molar-refractivity contribution in [3.63, 3.8) is 0 Å². The molecule has 0 radical (unpaired) electrons. The molecule has 0 bridgehead atoms. The molecule has 2 heteroatoms. The maximum absolute atomic E-state index is 4.16. The van der Waals surface area contributed by atoms with Crippen LogP contribution in [-0.4, -0.2) is 11.0 Å². The van der Waals surface area contributed by atoms with Crippen molar-refractivity contribution in [1.29, 1.82) is 0 Å². The molecule has 0 fully saturated rings. The molecule has 0 spiro atoms. The van der Waals surface area contributed by atoms with E-state index >= 15 is 0 Å². The molecule has 0 saturated heterocycles. The molecule has 1 N–H and O–H groups in total. The molecule has 1 rings (SSSR count). The molecule has 0 amide bonds. The van der Waals surface area contributed by atoms with E-state index < -0.39 is 0 Å². The van der Waals surface area contributed by atoms with Crippen molar-refractivity contribution in [2.75, 3.05) is 0 Å². The zero-order valence-corrected chi connectivity index (χ0v) is 10.7. The molecule has 90 valence electrons. The number of pyridine rings is 1. The number of nitrogens with zero attached hydrogens (tertiary/aromatic N) is 1. The Labute approximate surface area is 99.5 Å². The maximum Gasteiger partial charge on any atom is 0.0315 e. The number of aromatic nitrogens is 1. The third-order valence-electron chi connectivity index (χ3n) is 3.07. The van der Waals surface area contributed by atoms with Crippen molar-refractivity contribution in [2.24, 2.45) is 0 Å². The summed E-state index contributed by atoms with van der Waals surface area (Å²) >= 11 is 0. The van der Waals surface area contributed by atoms with Gasteiger partial charge in [0.15, 0.2) is 0 Å². The van der Waals surface area contributed by atoms with Gasteiger partial charge in [0.2, 0.25) is 0 Å². The van der Waals surface area contributed by atoms with Crippen molar-refractivity contribution in [3.05, 3.63) is 30.1 Å². The van der Waals surface area contributed by atoms with E-state index in [0.29, 0.717) is 12.1 Å². The minimum Gasteiger partial charge on any atom is -0.307 e. The van der Waals surface area contributed by atoms with Gasteiger partial charge < -0.3 is 5.32 Å². The lowest BCUT2D eigenvalue weighted by atomic mass is 10.0. The standard InChI is InChI=1S/C14H24N2/c1-4-6-9-14(5-2)16-12(3)13-8-7-10-15-11-13/h7-8,10-12,14,16H,4-6,9H2,1-3H3/t12-,14?/m0/s1. The summed E-state index contributed by atoms with van der Waals surface area (Å²) in [7, 11) is 0. The van der Waals surface area contributed by atoms with Gasteiger partial charge in [-0.3, -0.25) is 4.98 Å².